The molecule has 2 saturated heterocycles. The van der Waals surface area contributed by atoms with Crippen LogP contribution in [0.2, 0.25) is 0 Å². The Morgan fingerprint density at radius 1 is 1.14 bits per heavy atom. The molecule has 0 aromatic heterocycles. The van der Waals surface area contributed by atoms with Gasteiger partial charge in [0.05, 0.1) is 12.5 Å². The number of benzene rings is 1. The van der Waals surface area contributed by atoms with E-state index in [9.17, 15) is 14.4 Å². The van der Waals surface area contributed by atoms with E-state index < -0.39 is 0 Å². The van der Waals surface area contributed by atoms with Crippen molar-refractivity contribution in [1.82, 2.24) is 10.2 Å². The van der Waals surface area contributed by atoms with Gasteiger partial charge in [-0.25, -0.2) is 0 Å². The molecule has 28 heavy (non-hydrogen) atoms. The molecular weight excluding hydrogens is 358 g/mol. The fraction of sp³-hybridized carbons (Fsp3) is 0.571. The van der Waals surface area contributed by atoms with Gasteiger partial charge >= 0.3 is 0 Å². The first-order valence-electron chi connectivity index (χ1n) is 9.92. The number of likely N-dealkylation sites (tertiary alicyclic amines) is 1. The van der Waals surface area contributed by atoms with E-state index in [0.717, 1.165) is 11.3 Å². The van der Waals surface area contributed by atoms with Gasteiger partial charge in [0, 0.05) is 51.3 Å². The minimum absolute atomic E-state index is 0.00499. The lowest BCUT2D eigenvalue weighted by Gasteiger charge is -2.33. The summed E-state index contributed by atoms with van der Waals surface area (Å²) in [7, 11) is 1.60. The number of aryl methyl sites for hydroxylation is 1. The predicted molar refractivity (Wildman–Crippen MR) is 106 cm³/mol. The van der Waals surface area contributed by atoms with Crippen LogP contribution in [-0.2, 0) is 19.1 Å². The maximum atomic E-state index is 12.9. The molecule has 2 aliphatic heterocycles. The topological polar surface area (TPSA) is 79.0 Å². The SMILES string of the molecule is COCCNC(=O)C1CCN(C(=O)[C@@H]2CC(=O)N(c3ccc(C)cc3)C2)CC1. The Morgan fingerprint density at radius 2 is 1.82 bits per heavy atom. The van der Waals surface area contributed by atoms with Crippen molar-refractivity contribution in [3.8, 4) is 0 Å². The van der Waals surface area contributed by atoms with E-state index in [2.05, 4.69) is 5.32 Å². The lowest BCUT2D eigenvalue weighted by Crippen LogP contribution is -2.45. The molecule has 0 unspecified atom stereocenters. The molecule has 2 aliphatic rings. The maximum absolute atomic E-state index is 12.9. The van der Waals surface area contributed by atoms with Crippen molar-refractivity contribution in [1.29, 1.82) is 0 Å². The number of amides is 3. The number of carbonyl (C=O) groups excluding carboxylic acids is 3. The van der Waals surface area contributed by atoms with Gasteiger partial charge in [0.2, 0.25) is 17.7 Å². The number of anilines is 1. The Kier molecular flexibility index (Phi) is 6.67. The number of nitrogens with one attached hydrogen (secondary N) is 1. The van der Waals surface area contributed by atoms with Crippen LogP contribution in [0.3, 0.4) is 0 Å². The summed E-state index contributed by atoms with van der Waals surface area (Å²) in [6.45, 7) is 4.57. The minimum atomic E-state index is -0.305. The zero-order valence-corrected chi connectivity index (χ0v) is 16.6. The standard InChI is InChI=1S/C21H29N3O4/c1-15-3-5-18(6-4-15)24-14-17(13-19(24)25)21(27)23-10-7-16(8-11-23)20(26)22-9-12-28-2/h3-6,16-17H,7-14H2,1-2H3,(H,22,26)/t17-/m1/s1. The zero-order valence-electron chi connectivity index (χ0n) is 16.6. The van der Waals surface area contributed by atoms with E-state index in [-0.39, 0.29) is 36.0 Å². The minimum Gasteiger partial charge on any atom is -0.383 e. The first-order valence-corrected chi connectivity index (χ1v) is 9.92. The van der Waals surface area contributed by atoms with Crippen LogP contribution >= 0.6 is 0 Å². The Labute approximate surface area is 166 Å². The van der Waals surface area contributed by atoms with Gasteiger partial charge in [-0.05, 0) is 31.9 Å². The van der Waals surface area contributed by atoms with Crippen LogP contribution in [0.15, 0.2) is 24.3 Å². The van der Waals surface area contributed by atoms with Crippen molar-refractivity contribution in [2.75, 3.05) is 44.8 Å². The molecule has 3 amide bonds. The van der Waals surface area contributed by atoms with Crippen molar-refractivity contribution >= 4 is 23.4 Å². The highest BCUT2D eigenvalue weighted by Gasteiger charge is 2.38. The average molecular weight is 387 g/mol. The molecule has 0 saturated carbocycles. The Morgan fingerprint density at radius 3 is 2.46 bits per heavy atom. The van der Waals surface area contributed by atoms with E-state index in [1.165, 1.54) is 0 Å². The van der Waals surface area contributed by atoms with Gasteiger partial charge in [-0.15, -0.1) is 0 Å². The summed E-state index contributed by atoms with van der Waals surface area (Å²) in [6.07, 6.45) is 1.57. The molecule has 152 valence electrons. The van der Waals surface area contributed by atoms with Gasteiger partial charge in [-0.2, -0.15) is 0 Å². The van der Waals surface area contributed by atoms with E-state index in [1.807, 2.05) is 36.1 Å². The number of piperidine rings is 1. The van der Waals surface area contributed by atoms with E-state index in [1.54, 1.807) is 12.0 Å². The molecule has 1 N–H and O–H groups in total. The molecule has 0 aliphatic carbocycles. The van der Waals surface area contributed by atoms with Crippen molar-refractivity contribution in [2.24, 2.45) is 11.8 Å². The summed E-state index contributed by atoms with van der Waals surface area (Å²) >= 11 is 0. The molecule has 1 atom stereocenters. The first kappa shape index (κ1) is 20.3. The van der Waals surface area contributed by atoms with Crippen LogP contribution in [0, 0.1) is 18.8 Å². The zero-order chi connectivity index (χ0) is 20.1. The summed E-state index contributed by atoms with van der Waals surface area (Å²) < 4.78 is 4.94. The number of rotatable bonds is 6. The number of nitrogens with zero attached hydrogens (tertiary/aromatic N) is 2. The number of ether oxygens (including phenoxy) is 1. The lowest BCUT2D eigenvalue weighted by atomic mass is 9.94. The van der Waals surface area contributed by atoms with Crippen LogP contribution in [-0.4, -0.2) is 62.5 Å². The monoisotopic (exact) mass is 387 g/mol. The second kappa shape index (κ2) is 9.19. The number of hydrogen-bond donors (Lipinski definition) is 1. The summed E-state index contributed by atoms with van der Waals surface area (Å²) in [5.74, 6) is -0.308. The van der Waals surface area contributed by atoms with Gasteiger partial charge in [0.25, 0.3) is 0 Å². The molecule has 0 bridgehead atoms. The smallest absolute Gasteiger partial charge is 0.228 e. The van der Waals surface area contributed by atoms with Crippen molar-refractivity contribution < 1.29 is 19.1 Å². The summed E-state index contributed by atoms with van der Waals surface area (Å²) in [6, 6.07) is 7.79. The van der Waals surface area contributed by atoms with Crippen LogP contribution in [0.25, 0.3) is 0 Å². The third kappa shape index (κ3) is 4.70. The van der Waals surface area contributed by atoms with E-state index in [0.29, 0.717) is 45.6 Å². The third-order valence-corrected chi connectivity index (χ3v) is 5.60. The largest absolute Gasteiger partial charge is 0.383 e. The normalized spacial score (nSPS) is 20.5. The highest BCUT2D eigenvalue weighted by atomic mass is 16.5. The molecule has 1 aromatic carbocycles. The van der Waals surface area contributed by atoms with Crippen molar-refractivity contribution in [3.63, 3.8) is 0 Å². The predicted octanol–water partition coefficient (Wildman–Crippen LogP) is 1.35. The van der Waals surface area contributed by atoms with Gasteiger partial charge in [0.1, 0.15) is 0 Å². The highest BCUT2D eigenvalue weighted by molar-refractivity contribution is 6.00. The van der Waals surface area contributed by atoms with Crippen molar-refractivity contribution in [3.05, 3.63) is 29.8 Å². The third-order valence-electron chi connectivity index (χ3n) is 5.60. The van der Waals surface area contributed by atoms with Crippen LogP contribution in [0.5, 0.6) is 0 Å². The number of hydrogen-bond acceptors (Lipinski definition) is 4. The van der Waals surface area contributed by atoms with Crippen LogP contribution in [0.4, 0.5) is 5.69 Å². The Balaban J connectivity index is 1.51. The Hall–Kier alpha value is -2.41. The first-order chi connectivity index (χ1) is 13.5. The molecule has 7 heteroatoms. The van der Waals surface area contributed by atoms with Gasteiger partial charge in [-0.3, -0.25) is 14.4 Å². The molecule has 0 spiro atoms. The van der Waals surface area contributed by atoms with E-state index >= 15 is 0 Å². The Bertz CT molecular complexity index is 711. The molecule has 0 radical (unpaired) electrons. The molecule has 2 fully saturated rings. The van der Waals surface area contributed by atoms with Crippen LogP contribution in [0.1, 0.15) is 24.8 Å². The van der Waals surface area contributed by atoms with Gasteiger partial charge < -0.3 is 19.9 Å². The second-order valence-corrected chi connectivity index (χ2v) is 7.62. The fourth-order valence-electron chi connectivity index (χ4n) is 3.89. The molecule has 7 nitrogen and oxygen atoms in total. The average Bonchev–Trinajstić information content (AvgIpc) is 3.10. The summed E-state index contributed by atoms with van der Waals surface area (Å²) in [4.78, 5) is 41.0. The quantitative estimate of drug-likeness (QED) is 0.748. The number of carbonyl (C=O) groups is 3. The highest BCUT2D eigenvalue weighted by Crippen LogP contribution is 2.28. The van der Waals surface area contributed by atoms with Gasteiger partial charge in [-0.1, -0.05) is 17.7 Å². The molecule has 3 rings (SSSR count). The fourth-order valence-corrected chi connectivity index (χ4v) is 3.89. The lowest BCUT2D eigenvalue weighted by molar-refractivity contribution is -0.139. The van der Waals surface area contributed by atoms with E-state index in [4.69, 9.17) is 4.74 Å². The van der Waals surface area contributed by atoms with Gasteiger partial charge in [0.15, 0.2) is 0 Å². The van der Waals surface area contributed by atoms with Crippen molar-refractivity contribution in [2.45, 2.75) is 26.2 Å². The molecular formula is C21H29N3O4. The van der Waals surface area contributed by atoms with Crippen LogP contribution < -0.4 is 10.2 Å². The molecule has 1 aromatic rings. The molecule has 2 heterocycles. The summed E-state index contributed by atoms with van der Waals surface area (Å²) in [5.41, 5.74) is 1.98. The second-order valence-electron chi connectivity index (χ2n) is 7.62. The summed E-state index contributed by atoms with van der Waals surface area (Å²) in [5, 5.41) is 2.87. The maximum Gasteiger partial charge on any atom is 0.228 e. The number of methoxy groups -OCH3 is 1.